The Kier molecular flexibility index (Phi) is 3.96. The molecule has 0 heterocycles. The van der Waals surface area contributed by atoms with Gasteiger partial charge < -0.3 is 0 Å². The Hall–Kier alpha value is -2.58. The van der Waals surface area contributed by atoms with Gasteiger partial charge in [0.1, 0.15) is 5.41 Å². The topological polar surface area (TPSA) is 47.6 Å². The predicted molar refractivity (Wildman–Crippen MR) is 74.1 cm³/mol. The molecule has 0 unspecified atom stereocenters. The largest absolute Gasteiger partial charge is 0.198 e. The molecule has 0 aliphatic carbocycles. The van der Waals surface area contributed by atoms with Crippen LogP contribution in [0.5, 0.6) is 0 Å². The summed E-state index contributed by atoms with van der Waals surface area (Å²) in [7, 11) is 0. The smallest absolute Gasteiger partial charge is 0.108 e. The number of rotatable bonds is 4. The van der Waals surface area contributed by atoms with E-state index in [0.29, 0.717) is 12.8 Å². The summed E-state index contributed by atoms with van der Waals surface area (Å²) in [5, 5.41) is 18.6. The molecule has 0 amide bonds. The minimum Gasteiger partial charge on any atom is -0.198 e. The first kappa shape index (κ1) is 12.9. The maximum absolute atomic E-state index is 9.75. The number of hydrogen-bond donors (Lipinski definition) is 0. The third kappa shape index (κ3) is 2.49. The maximum Gasteiger partial charge on any atom is 0.108 e. The zero-order chi connectivity index (χ0) is 13.6. The Morgan fingerprint density at radius 2 is 1.26 bits per heavy atom. The van der Waals surface area contributed by atoms with Gasteiger partial charge in [0.05, 0.1) is 12.1 Å². The van der Waals surface area contributed by atoms with Crippen molar-refractivity contribution in [2.75, 3.05) is 0 Å². The van der Waals surface area contributed by atoms with E-state index in [2.05, 4.69) is 12.1 Å². The molecule has 2 nitrogen and oxygen atoms in total. The lowest BCUT2D eigenvalue weighted by Gasteiger charge is -2.27. The Bertz CT molecular complexity index is 564. The van der Waals surface area contributed by atoms with E-state index in [9.17, 15) is 5.26 Å². The number of benzene rings is 2. The van der Waals surface area contributed by atoms with E-state index in [0.717, 1.165) is 11.1 Å². The van der Waals surface area contributed by atoms with Gasteiger partial charge in [-0.3, -0.25) is 0 Å². The Morgan fingerprint density at radius 1 is 0.789 bits per heavy atom. The molecule has 2 heteroatoms. The van der Waals surface area contributed by atoms with Gasteiger partial charge in [0.2, 0.25) is 0 Å². The Balaban J connectivity index is 2.56. The van der Waals surface area contributed by atoms with Gasteiger partial charge in [0, 0.05) is 6.42 Å². The zero-order valence-electron chi connectivity index (χ0n) is 10.6. The van der Waals surface area contributed by atoms with E-state index in [1.54, 1.807) is 0 Å². The molecule has 0 aliphatic rings. The van der Waals surface area contributed by atoms with Crippen molar-refractivity contribution in [3.8, 4) is 12.1 Å². The molecule has 2 rings (SSSR count). The monoisotopic (exact) mass is 246 g/mol. The highest BCUT2D eigenvalue weighted by Crippen LogP contribution is 2.35. The summed E-state index contributed by atoms with van der Waals surface area (Å²) in [5.74, 6) is 0. The van der Waals surface area contributed by atoms with Crippen LogP contribution >= 0.6 is 0 Å². The first-order chi connectivity index (χ1) is 9.33. The predicted octanol–water partition coefficient (Wildman–Crippen LogP) is 3.80. The molecule has 0 fully saturated rings. The van der Waals surface area contributed by atoms with Gasteiger partial charge in [-0.2, -0.15) is 10.5 Å². The van der Waals surface area contributed by atoms with Crippen LogP contribution in [0.2, 0.25) is 0 Å². The molecule has 0 aliphatic heterocycles. The van der Waals surface area contributed by atoms with Crippen molar-refractivity contribution in [1.82, 2.24) is 0 Å². The summed E-state index contributed by atoms with van der Waals surface area (Å²) < 4.78 is 0. The van der Waals surface area contributed by atoms with Crippen molar-refractivity contribution in [2.45, 2.75) is 18.3 Å². The molecule has 0 bridgehead atoms. The van der Waals surface area contributed by atoms with Crippen LogP contribution in [0.25, 0.3) is 0 Å². The Morgan fingerprint density at radius 3 is 1.63 bits per heavy atom. The molecule has 0 saturated heterocycles. The average molecular weight is 246 g/mol. The first-order valence-electron chi connectivity index (χ1n) is 6.23. The van der Waals surface area contributed by atoms with Crippen LogP contribution in [-0.4, -0.2) is 0 Å². The van der Waals surface area contributed by atoms with Gasteiger partial charge in [-0.15, -0.1) is 0 Å². The minimum absolute atomic E-state index is 0.358. The molecule has 0 saturated carbocycles. The van der Waals surface area contributed by atoms with Gasteiger partial charge in [-0.1, -0.05) is 60.7 Å². The van der Waals surface area contributed by atoms with Crippen LogP contribution in [0.3, 0.4) is 0 Å². The van der Waals surface area contributed by atoms with E-state index in [1.807, 2.05) is 60.7 Å². The number of hydrogen-bond acceptors (Lipinski definition) is 2. The highest BCUT2D eigenvalue weighted by molar-refractivity contribution is 5.45. The van der Waals surface area contributed by atoms with Crippen LogP contribution in [-0.2, 0) is 5.41 Å². The molecule has 0 N–H and O–H groups in total. The van der Waals surface area contributed by atoms with E-state index in [1.165, 1.54) is 0 Å². The highest BCUT2D eigenvalue weighted by atomic mass is 14.4. The molecule has 0 radical (unpaired) electrons. The van der Waals surface area contributed by atoms with Crippen LogP contribution in [0, 0.1) is 22.7 Å². The molecular formula is C17H14N2. The second-order valence-corrected chi connectivity index (χ2v) is 4.41. The summed E-state index contributed by atoms with van der Waals surface area (Å²) >= 11 is 0. The lowest BCUT2D eigenvalue weighted by atomic mass is 9.72. The first-order valence-corrected chi connectivity index (χ1v) is 6.23. The molecule has 2 aromatic carbocycles. The SMILES string of the molecule is N#CCCC(C#N)(c1ccccc1)c1ccccc1. The summed E-state index contributed by atoms with van der Waals surface area (Å²) in [6.45, 7) is 0. The highest BCUT2D eigenvalue weighted by Gasteiger charge is 2.33. The van der Waals surface area contributed by atoms with Gasteiger partial charge >= 0.3 is 0 Å². The van der Waals surface area contributed by atoms with Crippen molar-refractivity contribution in [2.24, 2.45) is 0 Å². The number of nitrogens with zero attached hydrogens (tertiary/aromatic N) is 2. The minimum atomic E-state index is -0.738. The van der Waals surface area contributed by atoms with E-state index >= 15 is 0 Å². The standard InChI is InChI=1S/C17H14N2/c18-13-7-12-17(14-19,15-8-3-1-4-9-15)16-10-5-2-6-11-16/h1-6,8-11H,7,12H2. The number of nitriles is 2. The molecule has 2 aromatic rings. The van der Waals surface area contributed by atoms with Crippen LogP contribution in [0.15, 0.2) is 60.7 Å². The van der Waals surface area contributed by atoms with E-state index in [-0.39, 0.29) is 0 Å². The lowest BCUT2D eigenvalue weighted by Crippen LogP contribution is -2.25. The third-order valence-electron chi connectivity index (χ3n) is 3.34. The summed E-state index contributed by atoms with van der Waals surface area (Å²) in [5.41, 5.74) is 1.15. The van der Waals surface area contributed by atoms with Gasteiger partial charge in [0.15, 0.2) is 0 Å². The van der Waals surface area contributed by atoms with Crippen molar-refractivity contribution in [3.05, 3.63) is 71.8 Å². The average Bonchev–Trinajstić information content (AvgIpc) is 2.51. The zero-order valence-corrected chi connectivity index (χ0v) is 10.6. The molecular weight excluding hydrogens is 232 g/mol. The van der Waals surface area contributed by atoms with Crippen LogP contribution in [0.4, 0.5) is 0 Å². The summed E-state index contributed by atoms with van der Waals surface area (Å²) in [6, 6.07) is 24.0. The summed E-state index contributed by atoms with van der Waals surface area (Å²) in [4.78, 5) is 0. The van der Waals surface area contributed by atoms with Crippen LogP contribution < -0.4 is 0 Å². The van der Waals surface area contributed by atoms with Crippen molar-refractivity contribution in [1.29, 1.82) is 10.5 Å². The second-order valence-electron chi connectivity index (χ2n) is 4.41. The second kappa shape index (κ2) is 5.85. The maximum atomic E-state index is 9.75. The fourth-order valence-corrected chi connectivity index (χ4v) is 2.33. The van der Waals surface area contributed by atoms with Gasteiger partial charge in [0.25, 0.3) is 0 Å². The van der Waals surface area contributed by atoms with Crippen molar-refractivity contribution in [3.63, 3.8) is 0 Å². The van der Waals surface area contributed by atoms with Gasteiger partial charge in [-0.05, 0) is 17.5 Å². The third-order valence-corrected chi connectivity index (χ3v) is 3.34. The molecule has 19 heavy (non-hydrogen) atoms. The molecule has 92 valence electrons. The Labute approximate surface area is 113 Å². The van der Waals surface area contributed by atoms with Crippen molar-refractivity contribution < 1.29 is 0 Å². The van der Waals surface area contributed by atoms with Crippen molar-refractivity contribution >= 4 is 0 Å². The normalized spacial score (nSPS) is 10.4. The molecule has 0 atom stereocenters. The van der Waals surface area contributed by atoms with Crippen LogP contribution in [0.1, 0.15) is 24.0 Å². The summed E-state index contributed by atoms with van der Waals surface area (Å²) in [6.07, 6.45) is 0.866. The fraction of sp³-hybridized carbons (Fsp3) is 0.176. The fourth-order valence-electron chi connectivity index (χ4n) is 2.33. The molecule has 0 aromatic heterocycles. The quantitative estimate of drug-likeness (QED) is 0.823. The van der Waals surface area contributed by atoms with Gasteiger partial charge in [-0.25, -0.2) is 0 Å². The van der Waals surface area contributed by atoms with E-state index in [4.69, 9.17) is 5.26 Å². The van der Waals surface area contributed by atoms with E-state index < -0.39 is 5.41 Å². The lowest BCUT2D eigenvalue weighted by molar-refractivity contribution is 0.604. The molecule has 0 spiro atoms.